The summed E-state index contributed by atoms with van der Waals surface area (Å²) in [4.78, 5) is 27.6. The molecule has 0 atom stereocenters. The minimum atomic E-state index is -0.153. The van der Waals surface area contributed by atoms with E-state index in [9.17, 15) is 9.70 Å². The third kappa shape index (κ3) is 0.996. The summed E-state index contributed by atoms with van der Waals surface area (Å²) in [6.45, 7) is 0. The molecule has 0 amide bonds. The molecule has 0 fully saturated rings. The van der Waals surface area contributed by atoms with Crippen molar-refractivity contribution in [2.24, 2.45) is 0 Å². The summed E-state index contributed by atoms with van der Waals surface area (Å²) in [6.07, 6.45) is 3.52. The predicted molar refractivity (Wildman–Crippen MR) is 67.9 cm³/mol. The van der Waals surface area contributed by atoms with Crippen LogP contribution in [0.3, 0.4) is 0 Å². The maximum atomic E-state index is 12.2. The highest BCUT2D eigenvalue weighted by atomic mass is 16.3. The average molecular weight is 235 g/mol. The van der Waals surface area contributed by atoms with E-state index in [1.807, 2.05) is 6.07 Å². The van der Waals surface area contributed by atoms with Crippen molar-refractivity contribution in [3.05, 3.63) is 57.9 Å². The summed E-state index contributed by atoms with van der Waals surface area (Å²) in [5.74, 6) is 0. The Kier molecular flexibility index (Phi) is 1.56. The van der Waals surface area contributed by atoms with Gasteiger partial charge in [0.15, 0.2) is 5.43 Å². The average Bonchev–Trinajstić information content (AvgIpc) is 2.93. The van der Waals surface area contributed by atoms with Crippen LogP contribution in [0.4, 0.5) is 0 Å². The van der Waals surface area contributed by atoms with Crippen molar-refractivity contribution < 1.29 is 4.43 Å². The Balaban J connectivity index is 2.42. The molecule has 0 spiro atoms. The van der Waals surface area contributed by atoms with Gasteiger partial charge in [-0.15, -0.1) is 0 Å². The first kappa shape index (κ1) is 9.41. The summed E-state index contributed by atoms with van der Waals surface area (Å²) < 4.78 is 0.818. The Morgan fingerprint density at radius 3 is 2.83 bits per heavy atom. The SMILES string of the molecule is O=c1ccc2c3c4cncc4ccc3[n+](=O)c-2c1. The zero-order valence-electron chi connectivity index (χ0n) is 9.25. The zero-order chi connectivity index (χ0) is 12.3. The predicted octanol–water partition coefficient (Wildman–Crippen LogP) is 1.64. The van der Waals surface area contributed by atoms with Crippen molar-refractivity contribution in [1.29, 1.82) is 0 Å². The second kappa shape index (κ2) is 2.98. The van der Waals surface area contributed by atoms with Crippen LogP contribution in [0, 0.1) is 4.91 Å². The molecule has 2 heterocycles. The first-order chi connectivity index (χ1) is 8.75. The van der Waals surface area contributed by atoms with Gasteiger partial charge in [-0.25, -0.2) is 0 Å². The smallest absolute Gasteiger partial charge is 0.275 e. The lowest BCUT2D eigenvalue weighted by molar-refractivity contribution is -0.448. The Morgan fingerprint density at radius 1 is 1.06 bits per heavy atom. The number of hydrogen-bond donors (Lipinski definition) is 0. The van der Waals surface area contributed by atoms with Gasteiger partial charge in [-0.2, -0.15) is 0 Å². The lowest BCUT2D eigenvalue weighted by Crippen LogP contribution is -2.14. The fraction of sp³-hybridized carbons (Fsp3) is 0. The quantitative estimate of drug-likeness (QED) is 0.435. The van der Waals surface area contributed by atoms with Crippen LogP contribution < -0.4 is 9.86 Å². The molecule has 4 heteroatoms. The van der Waals surface area contributed by atoms with Crippen LogP contribution in [0.2, 0.25) is 0 Å². The summed E-state index contributed by atoms with van der Waals surface area (Å²) in [5.41, 5.74) is 1.65. The van der Waals surface area contributed by atoms with Crippen molar-refractivity contribution in [1.82, 2.24) is 4.98 Å². The molecule has 1 aliphatic carbocycles. The van der Waals surface area contributed by atoms with E-state index >= 15 is 0 Å². The second-order valence-corrected chi connectivity index (χ2v) is 4.34. The van der Waals surface area contributed by atoms with E-state index < -0.39 is 0 Å². The number of aromatic nitrogens is 2. The molecule has 4 nitrogen and oxygen atoms in total. The molecule has 1 aromatic heterocycles. The number of nitrogens with zero attached hydrogens (tertiary/aromatic N) is 2. The summed E-state index contributed by atoms with van der Waals surface area (Å²) in [7, 11) is 0. The van der Waals surface area contributed by atoms with Gasteiger partial charge in [0, 0.05) is 34.1 Å². The first-order valence-electron chi connectivity index (χ1n) is 5.58. The Labute approximate surface area is 101 Å². The number of rotatable bonds is 0. The molecule has 4 rings (SSSR count). The summed E-state index contributed by atoms with van der Waals surface area (Å²) in [6, 6.07) is 8.22. The van der Waals surface area contributed by atoms with E-state index in [1.165, 1.54) is 12.1 Å². The number of hydrogen-bond acceptors (Lipinski definition) is 3. The molecular formula is C14H7N2O2+. The van der Waals surface area contributed by atoms with Gasteiger partial charge in [-0.05, 0) is 18.2 Å². The van der Waals surface area contributed by atoms with Gasteiger partial charge in [0.1, 0.15) is 0 Å². The fourth-order valence-electron chi connectivity index (χ4n) is 2.54. The molecule has 2 aromatic rings. The van der Waals surface area contributed by atoms with Gasteiger partial charge < -0.3 is 0 Å². The van der Waals surface area contributed by atoms with Crippen LogP contribution in [-0.2, 0) is 0 Å². The molecule has 0 N–H and O–H groups in total. The lowest BCUT2D eigenvalue weighted by atomic mass is 10.0. The third-order valence-electron chi connectivity index (χ3n) is 3.35. The van der Waals surface area contributed by atoms with E-state index in [-0.39, 0.29) is 5.43 Å². The molecule has 0 unspecified atom stereocenters. The molecule has 1 aliphatic heterocycles. The Morgan fingerprint density at radius 2 is 1.94 bits per heavy atom. The van der Waals surface area contributed by atoms with E-state index in [0.29, 0.717) is 11.2 Å². The van der Waals surface area contributed by atoms with Crippen molar-refractivity contribution in [3.63, 3.8) is 0 Å². The maximum Gasteiger partial charge on any atom is 0.275 e. The van der Waals surface area contributed by atoms with Gasteiger partial charge in [-0.3, -0.25) is 9.78 Å². The van der Waals surface area contributed by atoms with Crippen LogP contribution in [0.5, 0.6) is 0 Å². The van der Waals surface area contributed by atoms with E-state index in [4.69, 9.17) is 0 Å². The monoisotopic (exact) mass is 235 g/mol. The molecule has 84 valence electrons. The highest BCUT2D eigenvalue weighted by molar-refractivity contribution is 6.12. The minimum absolute atomic E-state index is 0.153. The van der Waals surface area contributed by atoms with Gasteiger partial charge in [-0.1, -0.05) is 0 Å². The Bertz CT molecular complexity index is 965. The van der Waals surface area contributed by atoms with Crippen molar-refractivity contribution >= 4 is 21.7 Å². The summed E-state index contributed by atoms with van der Waals surface area (Å²) in [5, 5.41) is 2.82. The second-order valence-electron chi connectivity index (χ2n) is 4.34. The molecular weight excluding hydrogens is 228 g/mol. The molecule has 2 aliphatic rings. The molecule has 0 saturated heterocycles. The number of benzene rings is 2. The molecule has 0 saturated carbocycles. The van der Waals surface area contributed by atoms with Crippen LogP contribution in [0.15, 0.2) is 47.5 Å². The minimum Gasteiger partial charge on any atom is -0.290 e. The largest absolute Gasteiger partial charge is 0.290 e. The van der Waals surface area contributed by atoms with Crippen molar-refractivity contribution in [2.45, 2.75) is 0 Å². The van der Waals surface area contributed by atoms with Crippen LogP contribution in [-0.4, -0.2) is 4.98 Å². The van der Waals surface area contributed by atoms with Crippen LogP contribution >= 0.6 is 0 Å². The molecule has 1 aromatic carbocycles. The fourth-order valence-corrected chi connectivity index (χ4v) is 2.54. The highest BCUT2D eigenvalue weighted by Crippen LogP contribution is 2.33. The van der Waals surface area contributed by atoms with E-state index in [1.54, 1.807) is 24.5 Å². The normalized spacial score (nSPS) is 11.8. The standard InChI is InChI=1S/C14H7N2O2/c17-9-2-3-10-13(5-9)16(18)12-4-1-8-6-15-7-11(8)14(10)12/h1-7H/q+1. The molecule has 0 radical (unpaired) electrons. The van der Waals surface area contributed by atoms with Gasteiger partial charge in [0.25, 0.3) is 11.2 Å². The van der Waals surface area contributed by atoms with Crippen molar-refractivity contribution in [3.8, 4) is 11.3 Å². The lowest BCUT2D eigenvalue weighted by Gasteiger charge is -1.91. The van der Waals surface area contributed by atoms with Crippen LogP contribution in [0.25, 0.3) is 32.9 Å². The highest BCUT2D eigenvalue weighted by Gasteiger charge is 2.27. The van der Waals surface area contributed by atoms with E-state index in [0.717, 1.165) is 26.1 Å². The number of fused-ring (bicyclic) bond motifs is 5. The molecule has 0 bridgehead atoms. The maximum absolute atomic E-state index is 12.2. The molecule has 18 heavy (non-hydrogen) atoms. The zero-order valence-corrected chi connectivity index (χ0v) is 9.25. The van der Waals surface area contributed by atoms with Gasteiger partial charge >= 0.3 is 0 Å². The van der Waals surface area contributed by atoms with Gasteiger partial charge in [0.05, 0.1) is 21.4 Å². The first-order valence-corrected chi connectivity index (χ1v) is 5.58. The Hall–Kier alpha value is -2.62. The summed E-state index contributed by atoms with van der Waals surface area (Å²) >= 11 is 0. The van der Waals surface area contributed by atoms with Gasteiger partial charge in [0.2, 0.25) is 0 Å². The van der Waals surface area contributed by atoms with E-state index in [2.05, 4.69) is 4.98 Å². The van der Waals surface area contributed by atoms with Crippen LogP contribution in [0.1, 0.15) is 0 Å². The third-order valence-corrected chi connectivity index (χ3v) is 3.35. The topological polar surface area (TPSA) is 52.9 Å². The van der Waals surface area contributed by atoms with Crippen molar-refractivity contribution in [2.75, 3.05) is 0 Å².